The van der Waals surface area contributed by atoms with Gasteiger partial charge in [-0.05, 0) is 48.2 Å². The van der Waals surface area contributed by atoms with Gasteiger partial charge >= 0.3 is 0 Å². The van der Waals surface area contributed by atoms with Crippen molar-refractivity contribution in [2.24, 2.45) is 0 Å². The van der Waals surface area contributed by atoms with Gasteiger partial charge in [0.2, 0.25) is 21.8 Å². The average Bonchev–Trinajstić information content (AvgIpc) is 2.87. The number of hydrogen-bond donors (Lipinski definition) is 1. The highest BCUT2D eigenvalue weighted by atomic mass is 32.2. The number of likely N-dealkylation sites (N-methyl/N-ethyl adjacent to an activating group) is 1. The minimum absolute atomic E-state index is 0.120. The minimum Gasteiger partial charge on any atom is -0.354 e. The Bertz CT molecular complexity index is 1310. The average molecular weight is 510 g/mol. The van der Waals surface area contributed by atoms with E-state index in [-0.39, 0.29) is 23.9 Å². The first-order valence-electron chi connectivity index (χ1n) is 12.2. The fourth-order valence-electron chi connectivity index (χ4n) is 4.05. The van der Waals surface area contributed by atoms with E-state index in [9.17, 15) is 18.0 Å². The van der Waals surface area contributed by atoms with Crippen LogP contribution < -0.4 is 5.32 Å². The van der Waals surface area contributed by atoms with E-state index in [0.29, 0.717) is 13.0 Å². The van der Waals surface area contributed by atoms with Gasteiger partial charge in [0, 0.05) is 20.1 Å². The highest BCUT2D eigenvalue weighted by molar-refractivity contribution is 7.89. The molecule has 0 saturated carbocycles. The van der Waals surface area contributed by atoms with E-state index in [4.69, 9.17) is 0 Å². The van der Waals surface area contributed by atoms with Crippen molar-refractivity contribution in [3.8, 4) is 0 Å². The van der Waals surface area contributed by atoms with Crippen molar-refractivity contribution in [1.82, 2.24) is 14.5 Å². The van der Waals surface area contributed by atoms with Crippen molar-refractivity contribution >= 4 is 32.6 Å². The molecule has 0 aromatic heterocycles. The fourth-order valence-corrected chi connectivity index (χ4v) is 5.21. The van der Waals surface area contributed by atoms with Gasteiger partial charge in [-0.3, -0.25) is 9.59 Å². The molecule has 0 spiro atoms. The summed E-state index contributed by atoms with van der Waals surface area (Å²) in [6, 6.07) is 19.5. The molecule has 0 bridgehead atoms. The molecule has 0 aliphatic heterocycles. The first-order chi connectivity index (χ1) is 17.2. The zero-order valence-electron chi connectivity index (χ0n) is 21.4. The Morgan fingerprint density at radius 2 is 1.61 bits per heavy atom. The Kier molecular flexibility index (Phi) is 9.23. The standard InChI is InChI=1S/C28H35N3O4S/c1-5-17-29-28(33)26(6-2)31(19-22-13-11-21(3)12-14-22)27(32)20-30(4)36(34,35)25-16-15-23-9-7-8-10-24(23)18-25/h7-16,18,26H,5-6,17,19-20H2,1-4H3,(H,29,33)/t26-/m1/s1. The number of sulfonamides is 1. The number of aryl methyl sites for hydroxylation is 1. The van der Waals surface area contributed by atoms with Crippen LogP contribution >= 0.6 is 0 Å². The molecular weight excluding hydrogens is 474 g/mol. The summed E-state index contributed by atoms with van der Waals surface area (Å²) in [5.74, 6) is -0.666. The topological polar surface area (TPSA) is 86.8 Å². The summed E-state index contributed by atoms with van der Waals surface area (Å²) in [7, 11) is -2.53. The normalized spacial score (nSPS) is 12.5. The number of rotatable bonds is 11. The number of fused-ring (bicyclic) bond motifs is 1. The second-order valence-corrected chi connectivity index (χ2v) is 11.0. The van der Waals surface area contributed by atoms with Gasteiger partial charge in [-0.2, -0.15) is 4.31 Å². The SMILES string of the molecule is CCCNC(=O)[C@@H](CC)N(Cc1ccc(C)cc1)C(=O)CN(C)S(=O)(=O)c1ccc2ccccc2c1. The maximum absolute atomic E-state index is 13.5. The molecular formula is C28H35N3O4S. The maximum Gasteiger partial charge on any atom is 0.243 e. The fraction of sp³-hybridized carbons (Fsp3) is 0.357. The van der Waals surface area contributed by atoms with Crippen molar-refractivity contribution in [2.75, 3.05) is 20.1 Å². The molecule has 0 radical (unpaired) electrons. The molecule has 192 valence electrons. The number of nitrogens with one attached hydrogen (secondary N) is 1. The van der Waals surface area contributed by atoms with Crippen LogP contribution in [0.5, 0.6) is 0 Å². The first kappa shape index (κ1) is 27.4. The van der Waals surface area contributed by atoms with Crippen LogP contribution in [0.3, 0.4) is 0 Å². The van der Waals surface area contributed by atoms with Crippen LogP contribution in [0.4, 0.5) is 0 Å². The molecule has 0 saturated heterocycles. The van der Waals surface area contributed by atoms with Crippen LogP contribution in [0.25, 0.3) is 10.8 Å². The minimum atomic E-state index is -3.92. The Morgan fingerprint density at radius 1 is 0.944 bits per heavy atom. The summed E-state index contributed by atoms with van der Waals surface area (Å²) in [4.78, 5) is 28.1. The Labute approximate surface area is 214 Å². The van der Waals surface area contributed by atoms with Crippen LogP contribution in [0.2, 0.25) is 0 Å². The maximum atomic E-state index is 13.5. The summed E-state index contributed by atoms with van der Waals surface area (Å²) >= 11 is 0. The molecule has 3 rings (SSSR count). The molecule has 0 unspecified atom stereocenters. The third-order valence-corrected chi connectivity index (χ3v) is 8.00. The molecule has 8 heteroatoms. The lowest BCUT2D eigenvalue weighted by molar-refractivity contribution is -0.141. The molecule has 1 N–H and O–H groups in total. The summed E-state index contributed by atoms with van der Waals surface area (Å²) in [5, 5.41) is 4.61. The smallest absolute Gasteiger partial charge is 0.243 e. The monoisotopic (exact) mass is 509 g/mol. The largest absolute Gasteiger partial charge is 0.354 e. The van der Waals surface area contributed by atoms with E-state index in [2.05, 4.69) is 5.32 Å². The zero-order chi connectivity index (χ0) is 26.3. The lowest BCUT2D eigenvalue weighted by Gasteiger charge is -2.32. The molecule has 3 aromatic rings. The summed E-state index contributed by atoms with van der Waals surface area (Å²) in [5.41, 5.74) is 1.96. The quantitative estimate of drug-likeness (QED) is 0.422. The number of carbonyl (C=O) groups excluding carboxylic acids is 2. The third-order valence-electron chi connectivity index (χ3n) is 6.20. The highest BCUT2D eigenvalue weighted by Gasteiger charge is 2.31. The summed E-state index contributed by atoms with van der Waals surface area (Å²) < 4.78 is 27.7. The van der Waals surface area contributed by atoms with Crippen LogP contribution in [0, 0.1) is 6.92 Å². The molecule has 0 fully saturated rings. The van der Waals surface area contributed by atoms with Crippen molar-refractivity contribution in [3.05, 3.63) is 77.9 Å². The van der Waals surface area contributed by atoms with E-state index in [1.165, 1.54) is 11.9 Å². The first-order valence-corrected chi connectivity index (χ1v) is 13.7. The van der Waals surface area contributed by atoms with Gasteiger partial charge in [0.15, 0.2) is 0 Å². The molecule has 0 heterocycles. The van der Waals surface area contributed by atoms with E-state index in [1.807, 2.05) is 69.3 Å². The van der Waals surface area contributed by atoms with Crippen LogP contribution in [0.1, 0.15) is 37.8 Å². The Morgan fingerprint density at radius 3 is 2.25 bits per heavy atom. The van der Waals surface area contributed by atoms with Gasteiger partial charge in [0.1, 0.15) is 6.04 Å². The number of nitrogens with zero attached hydrogens (tertiary/aromatic N) is 2. The van der Waals surface area contributed by atoms with Gasteiger partial charge in [-0.1, -0.05) is 74.0 Å². The van der Waals surface area contributed by atoms with Crippen LogP contribution in [0.15, 0.2) is 71.6 Å². The molecule has 7 nitrogen and oxygen atoms in total. The van der Waals surface area contributed by atoms with Crippen LogP contribution in [-0.4, -0.2) is 55.6 Å². The van der Waals surface area contributed by atoms with Gasteiger partial charge in [0.05, 0.1) is 11.4 Å². The van der Waals surface area contributed by atoms with Crippen LogP contribution in [-0.2, 0) is 26.2 Å². The van der Waals surface area contributed by atoms with E-state index < -0.39 is 22.0 Å². The lowest BCUT2D eigenvalue weighted by atomic mass is 10.1. The van der Waals surface area contributed by atoms with Gasteiger partial charge in [-0.25, -0.2) is 8.42 Å². The van der Waals surface area contributed by atoms with E-state index >= 15 is 0 Å². The number of benzene rings is 3. The highest BCUT2D eigenvalue weighted by Crippen LogP contribution is 2.22. The molecule has 2 amide bonds. The predicted molar refractivity (Wildman–Crippen MR) is 143 cm³/mol. The molecule has 0 aliphatic rings. The Balaban J connectivity index is 1.86. The second kappa shape index (κ2) is 12.1. The van der Waals surface area contributed by atoms with E-state index in [0.717, 1.165) is 32.6 Å². The van der Waals surface area contributed by atoms with E-state index in [1.54, 1.807) is 18.2 Å². The number of amides is 2. The lowest BCUT2D eigenvalue weighted by Crippen LogP contribution is -2.51. The van der Waals surface area contributed by atoms with Gasteiger partial charge < -0.3 is 10.2 Å². The zero-order valence-corrected chi connectivity index (χ0v) is 22.2. The molecule has 3 aromatic carbocycles. The number of carbonyl (C=O) groups is 2. The molecule has 36 heavy (non-hydrogen) atoms. The molecule has 1 atom stereocenters. The second-order valence-electron chi connectivity index (χ2n) is 8.99. The summed E-state index contributed by atoms with van der Waals surface area (Å²) in [6.45, 7) is 6.13. The van der Waals surface area contributed by atoms with Crippen molar-refractivity contribution in [2.45, 2.75) is 51.1 Å². The third kappa shape index (κ3) is 6.50. The molecule has 0 aliphatic carbocycles. The van der Waals surface area contributed by atoms with Crippen molar-refractivity contribution in [3.63, 3.8) is 0 Å². The van der Waals surface area contributed by atoms with Crippen molar-refractivity contribution in [1.29, 1.82) is 0 Å². The van der Waals surface area contributed by atoms with Gasteiger partial charge in [-0.15, -0.1) is 0 Å². The Hall–Kier alpha value is -3.23. The number of hydrogen-bond acceptors (Lipinski definition) is 4. The van der Waals surface area contributed by atoms with Gasteiger partial charge in [0.25, 0.3) is 0 Å². The van der Waals surface area contributed by atoms with Crippen molar-refractivity contribution < 1.29 is 18.0 Å². The predicted octanol–water partition coefficient (Wildman–Crippen LogP) is 4.10. The summed E-state index contributed by atoms with van der Waals surface area (Å²) in [6.07, 6.45) is 1.19.